The Morgan fingerprint density at radius 1 is 1.06 bits per heavy atom. The molecule has 7 N–H and O–H groups in total. The molecule has 1 saturated heterocycles. The van der Waals surface area contributed by atoms with Gasteiger partial charge in [-0.2, -0.15) is 0 Å². The minimum absolute atomic E-state index is 0.00358. The molecule has 0 unspecified atom stereocenters. The van der Waals surface area contributed by atoms with Crippen molar-refractivity contribution in [3.63, 3.8) is 0 Å². The standard InChI is InChI=1S/C43H53BrN3O14P/c1-39-12-11-26(48)13-25(39)7-8-27-28-14-32-43(31(50)19-59-62(56,57)58,40(28,2)16-30(49)36(27)39)61-38(60-32)24-5-3-23(4-6-24)15-41-20-42(21-41,22-41)47-37(55)29(9-10-35(53)54)46-34(52)18-45-33(51)17-44/h3-6,11-13,27-30,32,36,38,49H,7-10,14-22H2,1-2H3,(H,45,51)(H,46,52)(H,47,55)(H,53,54)(H2,56,57,58)/t27-,28-,29-,30-,32+,36+,38+,39-,40-,41?,42?,43+/m0/s1. The number of halogens is 1. The lowest BCUT2D eigenvalue weighted by atomic mass is 9.38. The van der Waals surface area contributed by atoms with Crippen LogP contribution in [-0.4, -0.2) is 103 Å². The Balaban J connectivity index is 0.933. The number of phosphoric ester groups is 1. The molecule has 9 rings (SSSR count). The highest BCUT2D eigenvalue weighted by molar-refractivity contribution is 9.09. The number of ether oxygens (including phenoxy) is 2. The summed E-state index contributed by atoms with van der Waals surface area (Å²) in [7, 11) is -5.02. The zero-order valence-electron chi connectivity index (χ0n) is 34.5. The summed E-state index contributed by atoms with van der Waals surface area (Å²) in [6, 6.07) is 6.55. The second-order valence-electron chi connectivity index (χ2n) is 19.1. The number of carbonyl (C=O) groups is 6. The molecule has 1 aromatic carbocycles. The van der Waals surface area contributed by atoms with Crippen LogP contribution >= 0.6 is 23.8 Å². The normalized spacial score (nSPS) is 37.8. The SMILES string of the molecule is C[C@]12C=CC(=O)C=C1CC[C@@H]1[C@@H]2[C@@H](O)C[C@@]2(C)[C@H]1C[C@H]1O[C@@H](c3ccc(CC45CC(NC(=O)[C@H](CCC(=O)O)NC(=O)CNC(=O)CBr)(C4)C5)cc3)O[C@]12C(=O)COP(=O)(O)O. The lowest BCUT2D eigenvalue weighted by Crippen LogP contribution is -2.76. The van der Waals surface area contributed by atoms with Gasteiger partial charge in [0.25, 0.3) is 0 Å². The largest absolute Gasteiger partial charge is 0.481 e. The van der Waals surface area contributed by atoms with Crippen molar-refractivity contribution in [2.24, 2.45) is 34.0 Å². The van der Waals surface area contributed by atoms with Gasteiger partial charge in [0, 0.05) is 34.3 Å². The van der Waals surface area contributed by atoms with E-state index in [0.29, 0.717) is 50.5 Å². The average Bonchev–Trinajstić information content (AvgIpc) is 3.69. The Bertz CT molecular complexity index is 2160. The van der Waals surface area contributed by atoms with E-state index in [4.69, 9.17) is 14.0 Å². The van der Waals surface area contributed by atoms with E-state index in [9.17, 15) is 53.3 Å². The van der Waals surface area contributed by atoms with Gasteiger partial charge in [0.05, 0.1) is 24.1 Å². The number of carbonyl (C=O) groups excluding carboxylic acids is 5. The molecule has 19 heteroatoms. The molecule has 0 aromatic heterocycles. The lowest BCUT2D eigenvalue weighted by molar-refractivity contribution is -0.200. The number of aliphatic hydroxyl groups excluding tert-OH is 1. The minimum atomic E-state index is -5.02. The van der Waals surface area contributed by atoms with E-state index in [1.807, 2.05) is 37.3 Å². The molecule has 1 heterocycles. The van der Waals surface area contributed by atoms with E-state index < -0.39 is 90.4 Å². The number of hydrogen-bond acceptors (Lipinski definition) is 11. The summed E-state index contributed by atoms with van der Waals surface area (Å²) in [5.74, 6) is -3.77. The van der Waals surface area contributed by atoms with E-state index >= 15 is 0 Å². The molecule has 336 valence electrons. The van der Waals surface area contributed by atoms with Crippen LogP contribution in [0, 0.1) is 34.0 Å². The number of fused-ring (bicyclic) bond motifs is 7. The Morgan fingerprint density at radius 3 is 2.44 bits per heavy atom. The minimum Gasteiger partial charge on any atom is -0.481 e. The molecule has 2 bridgehead atoms. The van der Waals surface area contributed by atoms with Gasteiger partial charge in [-0.3, -0.25) is 33.3 Å². The molecular formula is C43H53BrN3O14P. The van der Waals surface area contributed by atoms with Crippen LogP contribution in [0.3, 0.4) is 0 Å². The van der Waals surface area contributed by atoms with Crippen molar-refractivity contribution in [3.05, 3.63) is 59.2 Å². The van der Waals surface area contributed by atoms with Gasteiger partial charge in [-0.05, 0) is 92.8 Å². The predicted molar refractivity (Wildman–Crippen MR) is 221 cm³/mol. The number of allylic oxidation sites excluding steroid dienone is 4. The Hall–Kier alpha value is -3.61. The van der Waals surface area contributed by atoms with Crippen molar-refractivity contribution in [3.8, 4) is 0 Å². The number of carboxylic acid groups (broad SMARTS) is 1. The van der Waals surface area contributed by atoms with E-state index in [1.54, 1.807) is 12.2 Å². The van der Waals surface area contributed by atoms with Crippen LogP contribution in [0.5, 0.6) is 0 Å². The van der Waals surface area contributed by atoms with Gasteiger partial charge in [-0.25, -0.2) is 4.57 Å². The maximum Gasteiger partial charge on any atom is 0.470 e. The molecule has 17 nitrogen and oxygen atoms in total. The number of phosphoric acid groups is 1. The maximum absolute atomic E-state index is 14.4. The molecule has 7 fully saturated rings. The molecule has 1 aromatic rings. The Morgan fingerprint density at radius 2 is 1.77 bits per heavy atom. The summed E-state index contributed by atoms with van der Waals surface area (Å²) in [5.41, 5.74) is -1.08. The summed E-state index contributed by atoms with van der Waals surface area (Å²) < 4.78 is 30.0. The van der Waals surface area contributed by atoms with E-state index in [1.165, 1.54) is 0 Å². The predicted octanol–water partition coefficient (Wildman–Crippen LogP) is 2.85. The second-order valence-corrected chi connectivity index (χ2v) is 20.9. The maximum atomic E-state index is 14.4. The van der Waals surface area contributed by atoms with Crippen molar-refractivity contribution >= 4 is 59.0 Å². The number of Topliss-reactive ketones (excluding diaryl/α,β-unsaturated/α-hetero) is 1. The third-order valence-electron chi connectivity index (χ3n) is 15.2. The average molecular weight is 947 g/mol. The van der Waals surface area contributed by atoms with E-state index in [2.05, 4.69) is 38.8 Å². The molecule has 0 radical (unpaired) electrons. The van der Waals surface area contributed by atoms with Crippen LogP contribution in [0.15, 0.2) is 48.1 Å². The zero-order chi connectivity index (χ0) is 44.6. The smallest absolute Gasteiger partial charge is 0.470 e. The fourth-order valence-corrected chi connectivity index (χ4v) is 13.4. The quantitative estimate of drug-likeness (QED) is 0.0929. The molecule has 62 heavy (non-hydrogen) atoms. The fourth-order valence-electron chi connectivity index (χ4n) is 12.9. The van der Waals surface area contributed by atoms with Crippen molar-refractivity contribution < 1.29 is 67.3 Å². The van der Waals surface area contributed by atoms with Crippen molar-refractivity contribution in [2.75, 3.05) is 18.5 Å². The molecule has 8 aliphatic rings. The molecular weight excluding hydrogens is 893 g/mol. The highest BCUT2D eigenvalue weighted by atomic mass is 79.9. The highest BCUT2D eigenvalue weighted by Gasteiger charge is 2.76. The summed E-state index contributed by atoms with van der Waals surface area (Å²) in [6.07, 6.45) is 6.76. The number of carboxylic acids is 1. The van der Waals surface area contributed by atoms with Gasteiger partial charge < -0.3 is 45.4 Å². The topological polar surface area (TPSA) is 264 Å². The molecule has 3 amide bonds. The van der Waals surface area contributed by atoms with Crippen molar-refractivity contribution in [1.82, 2.24) is 16.0 Å². The molecule has 10 atom stereocenters. The zero-order valence-corrected chi connectivity index (χ0v) is 37.0. The number of nitrogens with one attached hydrogen (secondary N) is 3. The third-order valence-corrected chi connectivity index (χ3v) is 16.2. The molecule has 1 aliphatic heterocycles. The number of hydrogen-bond donors (Lipinski definition) is 7. The van der Waals surface area contributed by atoms with Gasteiger partial charge in [0.15, 0.2) is 23.5 Å². The van der Waals surface area contributed by atoms with Gasteiger partial charge >= 0.3 is 13.8 Å². The summed E-state index contributed by atoms with van der Waals surface area (Å²) >= 11 is 3.00. The van der Waals surface area contributed by atoms with E-state index in [0.717, 1.165) is 11.1 Å². The first-order valence-corrected chi connectivity index (χ1v) is 23.7. The number of ketones is 2. The van der Waals surface area contributed by atoms with Crippen LogP contribution in [0.1, 0.15) is 89.1 Å². The first-order chi connectivity index (χ1) is 29.1. The van der Waals surface area contributed by atoms with Crippen molar-refractivity contribution in [1.29, 1.82) is 0 Å². The second kappa shape index (κ2) is 16.1. The van der Waals surface area contributed by atoms with Crippen molar-refractivity contribution in [2.45, 2.75) is 114 Å². The van der Waals surface area contributed by atoms with E-state index in [-0.39, 0.29) is 60.1 Å². The van der Waals surface area contributed by atoms with Crippen LogP contribution in [0.25, 0.3) is 0 Å². The summed E-state index contributed by atoms with van der Waals surface area (Å²) in [4.78, 5) is 94.3. The number of rotatable bonds is 16. The van der Waals surface area contributed by atoms with Gasteiger partial charge in [0.1, 0.15) is 12.6 Å². The van der Waals surface area contributed by atoms with Gasteiger partial charge in [-0.15, -0.1) is 0 Å². The molecule has 7 aliphatic carbocycles. The number of aliphatic hydroxyl groups is 1. The third kappa shape index (κ3) is 7.86. The number of amides is 3. The number of alkyl halides is 1. The van der Waals surface area contributed by atoms with Gasteiger partial charge in [0.2, 0.25) is 17.7 Å². The fraction of sp³-hybridized carbons (Fsp3) is 0.628. The van der Waals surface area contributed by atoms with Crippen LogP contribution in [0.2, 0.25) is 0 Å². The highest BCUT2D eigenvalue weighted by Crippen LogP contribution is 2.71. The number of aliphatic carboxylic acids is 1. The Labute approximate surface area is 366 Å². The molecule has 6 saturated carbocycles. The first kappa shape index (κ1) is 45.0. The monoisotopic (exact) mass is 945 g/mol. The van der Waals surface area contributed by atoms with Crippen LogP contribution in [0.4, 0.5) is 0 Å². The van der Waals surface area contributed by atoms with Crippen LogP contribution < -0.4 is 16.0 Å². The van der Waals surface area contributed by atoms with Gasteiger partial charge in [-0.1, -0.05) is 65.7 Å². The Kier molecular flexibility index (Phi) is 11.7. The summed E-state index contributed by atoms with van der Waals surface area (Å²) in [6.45, 7) is 2.70. The lowest BCUT2D eigenvalue weighted by Gasteiger charge is -2.71. The van der Waals surface area contributed by atoms with Crippen LogP contribution in [-0.2, 0) is 53.8 Å². The molecule has 0 spiro atoms. The number of benzene rings is 1. The first-order valence-electron chi connectivity index (χ1n) is 21.1. The summed E-state index contributed by atoms with van der Waals surface area (Å²) in [5, 5.41) is 29.2.